The highest BCUT2D eigenvalue weighted by Gasteiger charge is 2.37. The highest BCUT2D eigenvalue weighted by Crippen LogP contribution is 2.32. The van der Waals surface area contributed by atoms with Crippen LogP contribution in [0.15, 0.2) is 152 Å². The Balaban J connectivity index is 1.24. The van der Waals surface area contributed by atoms with Crippen LogP contribution >= 0.6 is 0 Å². The van der Waals surface area contributed by atoms with Gasteiger partial charge >= 0.3 is 0 Å². The molecule has 0 aliphatic carbocycles. The van der Waals surface area contributed by atoms with Gasteiger partial charge in [0.2, 0.25) is 0 Å². The molecule has 0 bridgehead atoms. The van der Waals surface area contributed by atoms with Gasteiger partial charge in [-0.05, 0) is 43.8 Å². The van der Waals surface area contributed by atoms with E-state index >= 15 is 0 Å². The average Bonchev–Trinajstić information content (AvgIpc) is 3.34. The topological polar surface area (TPSA) is 38.7 Å². The summed E-state index contributed by atoms with van der Waals surface area (Å²) in [6, 6.07) is 53.5. The molecular formula is C41H31N3Si. The van der Waals surface area contributed by atoms with Gasteiger partial charge in [-0.1, -0.05) is 165 Å². The van der Waals surface area contributed by atoms with Gasteiger partial charge in [0.15, 0.2) is 17.5 Å². The number of rotatable bonds is 5. The molecule has 4 heteroatoms. The van der Waals surface area contributed by atoms with Crippen LogP contribution < -0.4 is 10.4 Å². The van der Waals surface area contributed by atoms with Crippen molar-refractivity contribution < 1.29 is 0 Å². The molecule has 0 spiro atoms. The van der Waals surface area contributed by atoms with Crippen molar-refractivity contribution in [3.8, 4) is 67.5 Å². The van der Waals surface area contributed by atoms with E-state index in [-0.39, 0.29) is 0 Å². The van der Waals surface area contributed by atoms with Crippen LogP contribution in [0.2, 0.25) is 13.1 Å². The Morgan fingerprint density at radius 2 is 0.711 bits per heavy atom. The van der Waals surface area contributed by atoms with Crippen LogP contribution in [0.5, 0.6) is 0 Å². The van der Waals surface area contributed by atoms with Crippen LogP contribution in [0.4, 0.5) is 0 Å². The number of fused-ring (bicyclic) bond motifs is 3. The normalized spacial score (nSPS) is 12.8. The van der Waals surface area contributed by atoms with E-state index in [0.717, 1.165) is 27.8 Å². The van der Waals surface area contributed by atoms with E-state index < -0.39 is 8.07 Å². The number of nitrogens with zero attached hydrogens (tertiary/aromatic N) is 3. The average molecular weight is 594 g/mol. The van der Waals surface area contributed by atoms with Crippen molar-refractivity contribution in [1.82, 2.24) is 15.0 Å². The van der Waals surface area contributed by atoms with Crippen LogP contribution in [0, 0.1) is 0 Å². The van der Waals surface area contributed by atoms with Crippen molar-refractivity contribution in [2.24, 2.45) is 0 Å². The van der Waals surface area contributed by atoms with Crippen LogP contribution in [0.25, 0.3) is 67.5 Å². The molecule has 8 rings (SSSR count). The first-order valence-electron chi connectivity index (χ1n) is 15.4. The van der Waals surface area contributed by atoms with Crippen molar-refractivity contribution in [2.45, 2.75) is 13.1 Å². The molecule has 214 valence electrons. The Labute approximate surface area is 265 Å². The fourth-order valence-electron chi connectivity index (χ4n) is 6.49. The lowest BCUT2D eigenvalue weighted by Gasteiger charge is -2.19. The SMILES string of the molecule is C[Si]1(C)c2ccccc2-c2ccc(-c3nc(-c4ccc(-c5ccccc5)cc4)nc(-c4ccc(-c5ccccc5)cc4)n3)cc21. The quantitative estimate of drug-likeness (QED) is 0.187. The zero-order chi connectivity index (χ0) is 30.4. The molecule has 0 fully saturated rings. The number of benzene rings is 6. The fourth-order valence-corrected chi connectivity index (χ4v) is 9.59. The van der Waals surface area contributed by atoms with Gasteiger partial charge in [0.1, 0.15) is 8.07 Å². The molecule has 3 nitrogen and oxygen atoms in total. The van der Waals surface area contributed by atoms with E-state index in [0.29, 0.717) is 17.5 Å². The van der Waals surface area contributed by atoms with Crippen molar-refractivity contribution in [2.75, 3.05) is 0 Å². The first kappa shape index (κ1) is 27.1. The van der Waals surface area contributed by atoms with Crippen LogP contribution in [0.3, 0.4) is 0 Å². The third-order valence-electron chi connectivity index (χ3n) is 8.98. The summed E-state index contributed by atoms with van der Waals surface area (Å²) >= 11 is 0. The Kier molecular flexibility index (Phi) is 6.58. The molecule has 1 aliphatic heterocycles. The highest BCUT2D eigenvalue weighted by atomic mass is 28.3. The molecule has 0 N–H and O–H groups in total. The predicted octanol–water partition coefficient (Wildman–Crippen LogP) is 9.01. The largest absolute Gasteiger partial charge is 0.208 e. The van der Waals surface area contributed by atoms with Crippen molar-refractivity contribution >= 4 is 18.4 Å². The molecule has 0 saturated heterocycles. The molecule has 1 aliphatic rings. The Morgan fingerprint density at radius 1 is 0.333 bits per heavy atom. The molecular weight excluding hydrogens is 563 g/mol. The van der Waals surface area contributed by atoms with E-state index in [1.165, 1.54) is 32.6 Å². The second-order valence-electron chi connectivity index (χ2n) is 12.1. The molecule has 0 saturated carbocycles. The fraction of sp³-hybridized carbons (Fsp3) is 0.0488. The van der Waals surface area contributed by atoms with Crippen LogP contribution in [-0.2, 0) is 0 Å². The molecule has 1 aromatic heterocycles. The summed E-state index contributed by atoms with van der Waals surface area (Å²) in [4.78, 5) is 15.2. The molecule has 2 heterocycles. The Bertz CT molecular complexity index is 2050. The van der Waals surface area contributed by atoms with E-state index in [4.69, 9.17) is 15.0 Å². The first-order chi connectivity index (χ1) is 22.0. The summed E-state index contributed by atoms with van der Waals surface area (Å²) in [7, 11) is -1.85. The Hall–Kier alpha value is -5.45. The molecule has 0 unspecified atom stereocenters. The zero-order valence-electron chi connectivity index (χ0n) is 25.3. The van der Waals surface area contributed by atoms with E-state index in [1.54, 1.807) is 0 Å². The van der Waals surface area contributed by atoms with Crippen LogP contribution in [0.1, 0.15) is 0 Å². The lowest BCUT2D eigenvalue weighted by atomic mass is 10.0. The summed E-state index contributed by atoms with van der Waals surface area (Å²) in [6.07, 6.45) is 0. The number of aromatic nitrogens is 3. The minimum absolute atomic E-state index is 0.669. The molecule has 6 aromatic carbocycles. The molecule has 0 atom stereocenters. The van der Waals surface area contributed by atoms with Crippen molar-refractivity contribution in [3.05, 3.63) is 152 Å². The first-order valence-corrected chi connectivity index (χ1v) is 18.4. The second-order valence-corrected chi connectivity index (χ2v) is 16.5. The number of hydrogen-bond donors (Lipinski definition) is 0. The Morgan fingerprint density at radius 3 is 1.24 bits per heavy atom. The van der Waals surface area contributed by atoms with Crippen molar-refractivity contribution in [1.29, 1.82) is 0 Å². The van der Waals surface area contributed by atoms with E-state index in [2.05, 4.69) is 153 Å². The number of hydrogen-bond acceptors (Lipinski definition) is 3. The summed E-state index contributed by atoms with van der Waals surface area (Å²) in [5, 5.41) is 2.93. The van der Waals surface area contributed by atoms with Gasteiger partial charge in [0, 0.05) is 16.7 Å². The molecule has 0 amide bonds. The van der Waals surface area contributed by atoms with E-state index in [9.17, 15) is 0 Å². The maximum absolute atomic E-state index is 5.08. The smallest absolute Gasteiger partial charge is 0.164 e. The minimum Gasteiger partial charge on any atom is -0.208 e. The maximum Gasteiger partial charge on any atom is 0.164 e. The molecule has 0 radical (unpaired) electrons. The third-order valence-corrected chi connectivity index (χ3v) is 12.5. The lowest BCUT2D eigenvalue weighted by Crippen LogP contribution is -2.49. The second kappa shape index (κ2) is 10.9. The van der Waals surface area contributed by atoms with Gasteiger partial charge in [0.25, 0.3) is 0 Å². The van der Waals surface area contributed by atoms with Gasteiger partial charge in [-0.25, -0.2) is 15.0 Å². The van der Waals surface area contributed by atoms with Gasteiger partial charge in [0.05, 0.1) is 0 Å². The monoisotopic (exact) mass is 593 g/mol. The standard InChI is InChI=1S/C41H31N3Si/c1-45(2)37-16-10-9-15-35(37)36-26-25-34(27-38(36)45)41-43-39(32-21-17-30(18-22-32)28-11-5-3-6-12-28)42-40(44-41)33-23-19-31(20-24-33)29-13-7-4-8-14-29/h3-27H,1-2H3. The zero-order valence-corrected chi connectivity index (χ0v) is 26.3. The summed E-state index contributed by atoms with van der Waals surface area (Å²) < 4.78 is 0. The molecule has 7 aromatic rings. The third kappa shape index (κ3) is 4.90. The lowest BCUT2D eigenvalue weighted by molar-refractivity contribution is 1.07. The summed E-state index contributed by atoms with van der Waals surface area (Å²) in [5.74, 6) is 2.03. The highest BCUT2D eigenvalue weighted by molar-refractivity contribution is 7.03. The van der Waals surface area contributed by atoms with Gasteiger partial charge in [-0.15, -0.1) is 0 Å². The summed E-state index contributed by atoms with van der Waals surface area (Å²) in [6.45, 7) is 4.88. The maximum atomic E-state index is 5.08. The van der Waals surface area contributed by atoms with E-state index in [1.807, 2.05) is 12.1 Å². The van der Waals surface area contributed by atoms with Gasteiger partial charge in [-0.2, -0.15) is 0 Å². The van der Waals surface area contributed by atoms with Crippen LogP contribution in [-0.4, -0.2) is 23.0 Å². The van der Waals surface area contributed by atoms with Crippen molar-refractivity contribution in [3.63, 3.8) is 0 Å². The minimum atomic E-state index is -1.85. The molecule has 45 heavy (non-hydrogen) atoms. The summed E-state index contributed by atoms with van der Waals surface area (Å²) in [5.41, 5.74) is 10.3. The van der Waals surface area contributed by atoms with Gasteiger partial charge < -0.3 is 0 Å². The van der Waals surface area contributed by atoms with Gasteiger partial charge in [-0.3, -0.25) is 0 Å². The predicted molar refractivity (Wildman–Crippen MR) is 189 cm³/mol.